The fourth-order valence-corrected chi connectivity index (χ4v) is 5.30. The number of amides is 3. The number of fused-ring (bicyclic) bond motifs is 1. The molecule has 3 saturated heterocycles. The number of aromatic nitrogens is 1. The molecule has 0 spiro atoms. The maximum atomic E-state index is 12.4. The SMILES string of the molecule is O=C(NC[C@H]1O[C@@H]2C[C@@H](CC(=O)N3CCS(=O)(=O)CC3)O[C@@H]2[C@@H]1O)Nc1cccnc1. The molecule has 12 heteroatoms. The van der Waals surface area contributed by atoms with Gasteiger partial charge in [0.2, 0.25) is 5.91 Å². The van der Waals surface area contributed by atoms with Crippen molar-refractivity contribution in [3.05, 3.63) is 24.5 Å². The molecule has 0 aromatic carbocycles. The third-order valence-electron chi connectivity index (χ3n) is 5.76. The van der Waals surface area contributed by atoms with Gasteiger partial charge in [-0.15, -0.1) is 0 Å². The van der Waals surface area contributed by atoms with Crippen LogP contribution in [0.2, 0.25) is 0 Å². The topological polar surface area (TPSA) is 147 Å². The van der Waals surface area contributed by atoms with Gasteiger partial charge in [-0.25, -0.2) is 13.2 Å². The molecule has 3 aliphatic rings. The molecular formula is C19H26N4O7S. The second kappa shape index (κ2) is 9.07. The first kappa shape index (κ1) is 21.9. The van der Waals surface area contributed by atoms with E-state index in [0.717, 1.165) is 0 Å². The van der Waals surface area contributed by atoms with E-state index < -0.39 is 40.3 Å². The molecule has 3 N–H and O–H groups in total. The summed E-state index contributed by atoms with van der Waals surface area (Å²) < 4.78 is 34.7. The smallest absolute Gasteiger partial charge is 0.319 e. The highest BCUT2D eigenvalue weighted by Gasteiger charge is 2.50. The van der Waals surface area contributed by atoms with Gasteiger partial charge in [0.25, 0.3) is 0 Å². The number of aliphatic hydroxyl groups excluding tert-OH is 1. The van der Waals surface area contributed by atoms with Crippen LogP contribution in [0.25, 0.3) is 0 Å². The summed E-state index contributed by atoms with van der Waals surface area (Å²) in [5, 5.41) is 15.8. The second-order valence-electron chi connectivity index (χ2n) is 7.98. The summed E-state index contributed by atoms with van der Waals surface area (Å²) in [4.78, 5) is 29.9. The van der Waals surface area contributed by atoms with Gasteiger partial charge in [0, 0.05) is 32.3 Å². The first-order chi connectivity index (χ1) is 14.8. The highest BCUT2D eigenvalue weighted by Crippen LogP contribution is 2.35. The molecule has 31 heavy (non-hydrogen) atoms. The van der Waals surface area contributed by atoms with E-state index in [-0.39, 0.29) is 49.6 Å². The van der Waals surface area contributed by atoms with Crippen LogP contribution < -0.4 is 10.6 Å². The zero-order valence-electron chi connectivity index (χ0n) is 16.8. The van der Waals surface area contributed by atoms with Crippen molar-refractivity contribution in [1.29, 1.82) is 0 Å². The first-order valence-corrected chi connectivity index (χ1v) is 12.0. The Hall–Kier alpha value is -2.28. The molecule has 4 rings (SSSR count). The minimum atomic E-state index is -3.05. The van der Waals surface area contributed by atoms with Crippen molar-refractivity contribution >= 4 is 27.5 Å². The summed E-state index contributed by atoms with van der Waals surface area (Å²) in [5.74, 6) is -0.180. The fraction of sp³-hybridized carbons (Fsp3) is 0.632. The number of ether oxygens (including phenoxy) is 2. The van der Waals surface area contributed by atoms with Crippen molar-refractivity contribution in [2.45, 2.75) is 43.4 Å². The van der Waals surface area contributed by atoms with E-state index in [1.807, 2.05) is 0 Å². The first-order valence-electron chi connectivity index (χ1n) is 10.2. The molecule has 0 aliphatic carbocycles. The normalized spacial score (nSPS) is 31.8. The van der Waals surface area contributed by atoms with Crippen LogP contribution in [0, 0.1) is 0 Å². The Morgan fingerprint density at radius 3 is 2.71 bits per heavy atom. The summed E-state index contributed by atoms with van der Waals surface area (Å²) in [7, 11) is -3.05. The van der Waals surface area contributed by atoms with Gasteiger partial charge in [-0.1, -0.05) is 0 Å². The average molecular weight is 455 g/mol. The molecule has 3 aliphatic heterocycles. The number of rotatable bonds is 5. The number of carbonyl (C=O) groups excluding carboxylic acids is 2. The maximum absolute atomic E-state index is 12.4. The molecule has 5 atom stereocenters. The summed E-state index contributed by atoms with van der Waals surface area (Å²) in [6.07, 6.45) is 0.847. The summed E-state index contributed by atoms with van der Waals surface area (Å²) in [6, 6.07) is 2.97. The van der Waals surface area contributed by atoms with Crippen LogP contribution in [0.1, 0.15) is 12.8 Å². The lowest BCUT2D eigenvalue weighted by atomic mass is 10.1. The van der Waals surface area contributed by atoms with Crippen LogP contribution in [-0.4, -0.2) is 97.0 Å². The molecule has 1 aromatic heterocycles. The summed E-state index contributed by atoms with van der Waals surface area (Å²) >= 11 is 0. The van der Waals surface area contributed by atoms with E-state index in [9.17, 15) is 23.1 Å². The molecule has 11 nitrogen and oxygen atoms in total. The third-order valence-corrected chi connectivity index (χ3v) is 7.37. The minimum absolute atomic E-state index is 0.0135. The van der Waals surface area contributed by atoms with Crippen LogP contribution in [0.4, 0.5) is 10.5 Å². The lowest BCUT2D eigenvalue weighted by Gasteiger charge is -2.28. The Balaban J connectivity index is 1.20. The van der Waals surface area contributed by atoms with E-state index in [1.54, 1.807) is 23.2 Å². The van der Waals surface area contributed by atoms with Crippen LogP contribution >= 0.6 is 0 Å². The van der Waals surface area contributed by atoms with E-state index in [4.69, 9.17) is 9.47 Å². The number of nitrogens with zero attached hydrogens (tertiary/aromatic N) is 2. The molecule has 0 unspecified atom stereocenters. The Bertz CT molecular complexity index is 899. The highest BCUT2D eigenvalue weighted by atomic mass is 32.2. The van der Waals surface area contributed by atoms with E-state index in [2.05, 4.69) is 15.6 Å². The molecule has 3 amide bonds. The molecule has 1 aromatic rings. The zero-order valence-corrected chi connectivity index (χ0v) is 17.7. The largest absolute Gasteiger partial charge is 0.388 e. The monoisotopic (exact) mass is 454 g/mol. The van der Waals surface area contributed by atoms with Crippen LogP contribution in [0.15, 0.2) is 24.5 Å². The molecular weight excluding hydrogens is 428 g/mol. The number of carbonyl (C=O) groups is 2. The van der Waals surface area contributed by atoms with Gasteiger partial charge in [0.1, 0.15) is 18.3 Å². The highest BCUT2D eigenvalue weighted by molar-refractivity contribution is 7.91. The summed E-state index contributed by atoms with van der Waals surface area (Å²) in [6.45, 7) is 0.513. The van der Waals surface area contributed by atoms with Crippen molar-refractivity contribution in [2.75, 3.05) is 36.5 Å². The lowest BCUT2D eigenvalue weighted by Crippen LogP contribution is -2.45. The Kier molecular flexibility index (Phi) is 6.42. The molecule has 4 heterocycles. The zero-order chi connectivity index (χ0) is 22.0. The van der Waals surface area contributed by atoms with Crippen molar-refractivity contribution in [2.24, 2.45) is 0 Å². The predicted molar refractivity (Wildman–Crippen MR) is 109 cm³/mol. The van der Waals surface area contributed by atoms with Gasteiger partial charge in [0.05, 0.1) is 42.0 Å². The number of sulfone groups is 1. The van der Waals surface area contributed by atoms with Gasteiger partial charge in [-0.3, -0.25) is 9.78 Å². The van der Waals surface area contributed by atoms with Gasteiger partial charge < -0.3 is 30.1 Å². The predicted octanol–water partition coefficient (Wildman–Crippen LogP) is -0.864. The molecule has 0 radical (unpaired) electrons. The van der Waals surface area contributed by atoms with Gasteiger partial charge in [0.15, 0.2) is 9.84 Å². The standard InChI is InChI=1S/C19H26N4O7S/c24-16(23-4-6-31(27,28)7-5-23)9-13-8-14-18(29-13)17(25)15(30-14)11-21-19(26)22-12-2-1-3-20-10-12/h1-3,10,13-15,17-18,25H,4-9,11H2,(H2,21,22,26)/t13-,14+,15+,17+,18-/m0/s1. The maximum Gasteiger partial charge on any atom is 0.319 e. The minimum Gasteiger partial charge on any atom is -0.388 e. The van der Waals surface area contributed by atoms with Crippen molar-refractivity contribution in [3.63, 3.8) is 0 Å². The average Bonchev–Trinajstić information content (AvgIpc) is 3.25. The number of anilines is 1. The van der Waals surface area contributed by atoms with Crippen LogP contribution in [0.5, 0.6) is 0 Å². The Labute approximate surface area is 180 Å². The number of pyridine rings is 1. The number of hydrogen-bond donors (Lipinski definition) is 3. The Morgan fingerprint density at radius 2 is 2.03 bits per heavy atom. The van der Waals surface area contributed by atoms with Crippen LogP contribution in [-0.2, 0) is 24.1 Å². The number of hydrogen-bond acceptors (Lipinski definition) is 8. The number of urea groups is 1. The van der Waals surface area contributed by atoms with Crippen molar-refractivity contribution < 1.29 is 32.6 Å². The lowest BCUT2D eigenvalue weighted by molar-refractivity contribution is -0.134. The number of aliphatic hydroxyl groups is 1. The second-order valence-corrected chi connectivity index (χ2v) is 10.3. The van der Waals surface area contributed by atoms with Crippen molar-refractivity contribution in [1.82, 2.24) is 15.2 Å². The van der Waals surface area contributed by atoms with Gasteiger partial charge >= 0.3 is 6.03 Å². The van der Waals surface area contributed by atoms with E-state index in [0.29, 0.717) is 12.1 Å². The van der Waals surface area contributed by atoms with Crippen LogP contribution in [0.3, 0.4) is 0 Å². The summed E-state index contributed by atoms with van der Waals surface area (Å²) in [5.41, 5.74) is 0.548. The fourth-order valence-electron chi connectivity index (χ4n) is 4.10. The quantitative estimate of drug-likeness (QED) is 0.521. The van der Waals surface area contributed by atoms with Gasteiger partial charge in [-0.05, 0) is 12.1 Å². The van der Waals surface area contributed by atoms with E-state index >= 15 is 0 Å². The molecule has 170 valence electrons. The van der Waals surface area contributed by atoms with Gasteiger partial charge in [-0.2, -0.15) is 0 Å². The molecule has 0 saturated carbocycles. The van der Waals surface area contributed by atoms with Crippen molar-refractivity contribution in [3.8, 4) is 0 Å². The van der Waals surface area contributed by atoms with E-state index in [1.165, 1.54) is 6.20 Å². The molecule has 3 fully saturated rings. The Morgan fingerprint density at radius 1 is 1.26 bits per heavy atom. The number of nitrogens with one attached hydrogen (secondary N) is 2. The third kappa shape index (κ3) is 5.32. The molecule has 0 bridgehead atoms.